The zero-order valence-corrected chi connectivity index (χ0v) is 21.9. The van der Waals surface area contributed by atoms with Crippen LogP contribution in [0.3, 0.4) is 0 Å². The highest BCUT2D eigenvalue weighted by Crippen LogP contribution is 2.38. The van der Waals surface area contributed by atoms with E-state index < -0.39 is 23.5 Å². The SMILES string of the molecule is C=CC=C1C(=Cc2ccc(-n3cnc(C)c3)c(OC)c2)CCCN1C(CCOC)c1cc(F)c(F)c(F)c1. The quantitative estimate of drug-likeness (QED) is 0.285. The zero-order chi connectivity index (χ0) is 27.2. The number of hydrogen-bond acceptors (Lipinski definition) is 4. The molecular formula is C30H32F3N3O2. The molecule has 0 radical (unpaired) electrons. The monoisotopic (exact) mass is 523 g/mol. The van der Waals surface area contributed by atoms with Gasteiger partial charge in [0.05, 0.1) is 30.9 Å². The van der Waals surface area contributed by atoms with Crippen molar-refractivity contribution >= 4 is 6.08 Å². The van der Waals surface area contributed by atoms with E-state index in [4.69, 9.17) is 9.47 Å². The molecule has 38 heavy (non-hydrogen) atoms. The van der Waals surface area contributed by atoms with Crippen LogP contribution < -0.4 is 4.74 Å². The Hall–Kier alpha value is -3.78. The van der Waals surface area contributed by atoms with Gasteiger partial charge in [-0.1, -0.05) is 18.7 Å². The fourth-order valence-electron chi connectivity index (χ4n) is 4.91. The van der Waals surface area contributed by atoms with Gasteiger partial charge < -0.3 is 18.9 Å². The fraction of sp³-hybridized carbons (Fsp3) is 0.300. The molecule has 1 atom stereocenters. The Labute approximate surface area is 221 Å². The largest absolute Gasteiger partial charge is 0.495 e. The van der Waals surface area contributed by atoms with E-state index in [1.807, 2.05) is 42.0 Å². The number of piperidine rings is 1. The number of imidazole rings is 1. The summed E-state index contributed by atoms with van der Waals surface area (Å²) in [5.41, 5.74) is 5.03. The van der Waals surface area contributed by atoms with Crippen molar-refractivity contribution in [3.63, 3.8) is 0 Å². The van der Waals surface area contributed by atoms with E-state index in [2.05, 4.69) is 22.5 Å². The summed E-state index contributed by atoms with van der Waals surface area (Å²) in [7, 11) is 3.21. The molecule has 1 saturated heterocycles. The number of rotatable bonds is 9. The molecule has 0 N–H and O–H groups in total. The molecule has 0 saturated carbocycles. The van der Waals surface area contributed by atoms with Crippen LogP contribution >= 0.6 is 0 Å². The first kappa shape index (κ1) is 27.3. The van der Waals surface area contributed by atoms with E-state index in [9.17, 15) is 13.2 Å². The highest BCUT2D eigenvalue weighted by Gasteiger charge is 2.29. The molecule has 0 spiro atoms. The lowest BCUT2D eigenvalue weighted by molar-refractivity contribution is 0.146. The van der Waals surface area contributed by atoms with Crippen LogP contribution in [-0.2, 0) is 4.74 Å². The molecule has 1 aliphatic heterocycles. The lowest BCUT2D eigenvalue weighted by Crippen LogP contribution is -2.34. The van der Waals surface area contributed by atoms with Crippen molar-refractivity contribution in [2.24, 2.45) is 0 Å². The molecular weight excluding hydrogens is 491 g/mol. The van der Waals surface area contributed by atoms with Crippen LogP contribution in [0.15, 0.2) is 72.9 Å². The van der Waals surface area contributed by atoms with Crippen LogP contribution in [0.4, 0.5) is 13.2 Å². The minimum absolute atomic E-state index is 0.358. The standard InChI is InChI=1S/C30H32F3N3O2/c1-5-7-26-22(14-21-9-10-28(29(15-21)38-4)35-18-20(2)34-19-35)8-6-12-36(26)27(11-13-37-3)23-16-24(31)30(33)25(32)17-23/h5,7,9-10,14-19,27H,1,6,8,11-13H2,2-4H3. The van der Waals surface area contributed by atoms with Crippen LogP contribution in [0.25, 0.3) is 11.8 Å². The number of aromatic nitrogens is 2. The van der Waals surface area contributed by atoms with Crippen LogP contribution in [-0.4, -0.2) is 41.8 Å². The van der Waals surface area contributed by atoms with Crippen molar-refractivity contribution < 1.29 is 22.6 Å². The van der Waals surface area contributed by atoms with Crippen LogP contribution in [0.1, 0.15) is 42.1 Å². The van der Waals surface area contributed by atoms with E-state index in [-0.39, 0.29) is 0 Å². The fourth-order valence-corrected chi connectivity index (χ4v) is 4.91. The summed E-state index contributed by atoms with van der Waals surface area (Å²) in [6, 6.07) is 7.69. The summed E-state index contributed by atoms with van der Waals surface area (Å²) in [5, 5.41) is 0. The minimum Gasteiger partial charge on any atom is -0.495 e. The summed E-state index contributed by atoms with van der Waals surface area (Å²) < 4.78 is 55.0. The number of likely N-dealkylation sites (tertiary alicyclic amines) is 1. The summed E-state index contributed by atoms with van der Waals surface area (Å²) in [4.78, 5) is 6.40. The molecule has 1 unspecified atom stereocenters. The summed E-state index contributed by atoms with van der Waals surface area (Å²) in [6.07, 6.45) is 11.5. The second kappa shape index (κ2) is 12.2. The molecule has 8 heteroatoms. The number of ether oxygens (including phenoxy) is 2. The van der Waals surface area contributed by atoms with Crippen LogP contribution in [0.2, 0.25) is 0 Å². The van der Waals surface area contributed by atoms with Crippen molar-refractivity contribution in [1.82, 2.24) is 14.5 Å². The van der Waals surface area contributed by atoms with Gasteiger partial charge in [0.2, 0.25) is 0 Å². The van der Waals surface area contributed by atoms with Crippen molar-refractivity contribution in [2.45, 2.75) is 32.2 Å². The first-order valence-corrected chi connectivity index (χ1v) is 12.5. The van der Waals surface area contributed by atoms with Gasteiger partial charge in [0, 0.05) is 32.2 Å². The third kappa shape index (κ3) is 5.86. The maximum atomic E-state index is 14.2. The van der Waals surface area contributed by atoms with Crippen molar-refractivity contribution in [2.75, 3.05) is 27.4 Å². The molecule has 2 heterocycles. The molecule has 5 nitrogen and oxygen atoms in total. The number of methoxy groups -OCH3 is 2. The van der Waals surface area contributed by atoms with E-state index in [0.717, 1.165) is 53.2 Å². The number of halogens is 3. The van der Waals surface area contributed by atoms with Gasteiger partial charge in [-0.3, -0.25) is 0 Å². The molecule has 0 bridgehead atoms. The highest BCUT2D eigenvalue weighted by atomic mass is 19.2. The second-order valence-electron chi connectivity index (χ2n) is 9.20. The van der Waals surface area contributed by atoms with Crippen molar-refractivity contribution in [3.8, 4) is 11.4 Å². The predicted molar refractivity (Wildman–Crippen MR) is 143 cm³/mol. The predicted octanol–water partition coefficient (Wildman–Crippen LogP) is 6.93. The van der Waals surface area contributed by atoms with E-state index in [1.165, 1.54) is 0 Å². The average Bonchev–Trinajstić information content (AvgIpc) is 3.34. The summed E-state index contributed by atoms with van der Waals surface area (Å²) >= 11 is 0. The number of nitrogens with zero attached hydrogens (tertiary/aromatic N) is 3. The number of hydrogen-bond donors (Lipinski definition) is 0. The molecule has 200 valence electrons. The maximum absolute atomic E-state index is 14.2. The van der Waals surface area contributed by atoms with Crippen LogP contribution in [0.5, 0.6) is 5.75 Å². The zero-order valence-electron chi connectivity index (χ0n) is 21.9. The molecule has 4 rings (SSSR count). The van der Waals surface area contributed by atoms with Gasteiger partial charge >= 0.3 is 0 Å². The lowest BCUT2D eigenvalue weighted by atomic mass is 9.92. The van der Waals surface area contributed by atoms with E-state index >= 15 is 0 Å². The second-order valence-corrected chi connectivity index (χ2v) is 9.20. The Balaban J connectivity index is 1.73. The number of aryl methyl sites for hydroxylation is 1. The normalized spacial score (nSPS) is 16.7. The Kier molecular flexibility index (Phi) is 8.73. The van der Waals surface area contributed by atoms with Gasteiger partial charge in [-0.05, 0) is 79.3 Å². The first-order chi connectivity index (χ1) is 18.4. The first-order valence-electron chi connectivity index (χ1n) is 12.5. The van der Waals surface area contributed by atoms with Crippen molar-refractivity contribution in [3.05, 3.63) is 107 Å². The van der Waals surface area contributed by atoms with Gasteiger partial charge in [0.15, 0.2) is 17.5 Å². The molecule has 0 aliphatic carbocycles. The van der Waals surface area contributed by atoms with Gasteiger partial charge in [0.25, 0.3) is 0 Å². The van der Waals surface area contributed by atoms with Gasteiger partial charge in [-0.25, -0.2) is 18.2 Å². The number of allylic oxidation sites excluding steroid dienone is 3. The smallest absolute Gasteiger partial charge is 0.194 e. The molecule has 1 aliphatic rings. The average molecular weight is 524 g/mol. The lowest BCUT2D eigenvalue weighted by Gasteiger charge is -2.40. The molecule has 2 aromatic carbocycles. The Morgan fingerprint density at radius 2 is 1.89 bits per heavy atom. The molecule has 3 aromatic rings. The number of benzene rings is 2. The van der Waals surface area contributed by atoms with Crippen LogP contribution in [0, 0.1) is 24.4 Å². The van der Waals surface area contributed by atoms with Crippen molar-refractivity contribution in [1.29, 1.82) is 0 Å². The Morgan fingerprint density at radius 1 is 1.13 bits per heavy atom. The highest BCUT2D eigenvalue weighted by molar-refractivity contribution is 5.63. The van der Waals surface area contributed by atoms with Gasteiger partial charge in [0.1, 0.15) is 5.75 Å². The maximum Gasteiger partial charge on any atom is 0.194 e. The molecule has 1 fully saturated rings. The molecule has 1 aromatic heterocycles. The van der Waals surface area contributed by atoms with Gasteiger partial charge in [-0.15, -0.1) is 0 Å². The van der Waals surface area contributed by atoms with Gasteiger partial charge in [-0.2, -0.15) is 0 Å². The Bertz CT molecular complexity index is 1340. The topological polar surface area (TPSA) is 39.5 Å². The third-order valence-corrected chi connectivity index (χ3v) is 6.66. The van der Waals surface area contributed by atoms with E-state index in [0.29, 0.717) is 30.9 Å². The minimum atomic E-state index is -1.47. The Morgan fingerprint density at radius 3 is 2.53 bits per heavy atom. The van der Waals surface area contributed by atoms with E-state index in [1.54, 1.807) is 26.6 Å². The molecule has 0 amide bonds. The summed E-state index contributed by atoms with van der Waals surface area (Å²) in [5.74, 6) is -3.17. The third-order valence-electron chi connectivity index (χ3n) is 6.66. The summed E-state index contributed by atoms with van der Waals surface area (Å²) in [6.45, 7) is 6.85.